The Bertz CT molecular complexity index is 594. The lowest BCUT2D eigenvalue weighted by Crippen LogP contribution is -2.20. The molecule has 0 aliphatic rings. The SMILES string of the molecule is CC(=O)c1ccc(OCC(=O)Nc2ccncc2)cc1. The van der Waals surface area contributed by atoms with Gasteiger partial charge in [-0.1, -0.05) is 0 Å². The van der Waals surface area contributed by atoms with Crippen LogP contribution in [0.5, 0.6) is 5.75 Å². The van der Waals surface area contributed by atoms with E-state index in [4.69, 9.17) is 4.74 Å². The van der Waals surface area contributed by atoms with Crippen molar-refractivity contribution in [3.63, 3.8) is 0 Å². The molecule has 5 nitrogen and oxygen atoms in total. The van der Waals surface area contributed by atoms with Crippen molar-refractivity contribution in [2.75, 3.05) is 11.9 Å². The monoisotopic (exact) mass is 270 g/mol. The van der Waals surface area contributed by atoms with Gasteiger partial charge < -0.3 is 10.1 Å². The van der Waals surface area contributed by atoms with Gasteiger partial charge in [0.1, 0.15) is 5.75 Å². The molecule has 0 spiro atoms. The predicted octanol–water partition coefficient (Wildman–Crippen LogP) is 2.30. The van der Waals surface area contributed by atoms with E-state index in [2.05, 4.69) is 10.3 Å². The Morgan fingerprint density at radius 3 is 2.35 bits per heavy atom. The van der Waals surface area contributed by atoms with E-state index in [1.807, 2.05) is 0 Å². The van der Waals surface area contributed by atoms with Crippen molar-refractivity contribution >= 4 is 17.4 Å². The molecule has 0 bridgehead atoms. The molecule has 2 rings (SSSR count). The van der Waals surface area contributed by atoms with Gasteiger partial charge >= 0.3 is 0 Å². The summed E-state index contributed by atoms with van der Waals surface area (Å²) in [5, 5.41) is 2.68. The number of hydrogen-bond acceptors (Lipinski definition) is 4. The van der Waals surface area contributed by atoms with Crippen molar-refractivity contribution in [1.82, 2.24) is 4.98 Å². The summed E-state index contributed by atoms with van der Waals surface area (Å²) in [4.78, 5) is 26.6. The number of aromatic nitrogens is 1. The van der Waals surface area contributed by atoms with Crippen LogP contribution in [0.3, 0.4) is 0 Å². The summed E-state index contributed by atoms with van der Waals surface area (Å²) in [5.41, 5.74) is 1.28. The summed E-state index contributed by atoms with van der Waals surface area (Å²) >= 11 is 0. The molecule has 0 atom stereocenters. The molecule has 0 radical (unpaired) electrons. The molecule has 1 amide bonds. The van der Waals surface area contributed by atoms with E-state index in [1.54, 1.807) is 48.8 Å². The van der Waals surface area contributed by atoms with E-state index >= 15 is 0 Å². The Balaban J connectivity index is 1.85. The molecular weight excluding hydrogens is 256 g/mol. The van der Waals surface area contributed by atoms with Crippen molar-refractivity contribution in [1.29, 1.82) is 0 Å². The molecule has 5 heteroatoms. The van der Waals surface area contributed by atoms with E-state index in [1.165, 1.54) is 6.92 Å². The standard InChI is InChI=1S/C15H14N2O3/c1-11(18)12-2-4-14(5-3-12)20-10-15(19)17-13-6-8-16-9-7-13/h2-9H,10H2,1H3,(H,16,17,19). The molecule has 1 heterocycles. The minimum Gasteiger partial charge on any atom is -0.484 e. The maximum atomic E-state index is 11.7. The van der Waals surface area contributed by atoms with Crippen molar-refractivity contribution in [2.45, 2.75) is 6.92 Å². The molecule has 1 N–H and O–H groups in total. The second-order valence-corrected chi connectivity index (χ2v) is 4.15. The molecular formula is C15H14N2O3. The van der Waals surface area contributed by atoms with E-state index in [-0.39, 0.29) is 18.3 Å². The van der Waals surface area contributed by atoms with Gasteiger partial charge in [0.05, 0.1) is 0 Å². The van der Waals surface area contributed by atoms with Crippen molar-refractivity contribution in [3.05, 3.63) is 54.4 Å². The van der Waals surface area contributed by atoms with Crippen LogP contribution in [0.15, 0.2) is 48.8 Å². The van der Waals surface area contributed by atoms with Crippen molar-refractivity contribution < 1.29 is 14.3 Å². The molecule has 20 heavy (non-hydrogen) atoms. The highest BCUT2D eigenvalue weighted by atomic mass is 16.5. The lowest BCUT2D eigenvalue weighted by Gasteiger charge is -2.07. The van der Waals surface area contributed by atoms with Gasteiger partial charge in [-0.05, 0) is 43.3 Å². The number of nitrogens with one attached hydrogen (secondary N) is 1. The highest BCUT2D eigenvalue weighted by Gasteiger charge is 2.04. The first-order valence-corrected chi connectivity index (χ1v) is 6.09. The fourth-order valence-corrected chi connectivity index (χ4v) is 1.57. The number of Topliss-reactive ketones (excluding diaryl/α,β-unsaturated/α-hetero) is 1. The largest absolute Gasteiger partial charge is 0.484 e. The molecule has 1 aromatic heterocycles. The summed E-state index contributed by atoms with van der Waals surface area (Å²) in [6.45, 7) is 1.40. The summed E-state index contributed by atoms with van der Waals surface area (Å²) < 4.78 is 5.34. The number of benzene rings is 1. The molecule has 102 valence electrons. The van der Waals surface area contributed by atoms with E-state index < -0.39 is 0 Å². The van der Waals surface area contributed by atoms with Gasteiger partial charge in [0, 0.05) is 23.6 Å². The molecule has 0 saturated carbocycles. The average Bonchev–Trinajstić information content (AvgIpc) is 2.46. The highest BCUT2D eigenvalue weighted by molar-refractivity contribution is 5.94. The number of carbonyl (C=O) groups excluding carboxylic acids is 2. The van der Waals surface area contributed by atoms with Crippen LogP contribution < -0.4 is 10.1 Å². The number of amides is 1. The fraction of sp³-hybridized carbons (Fsp3) is 0.133. The van der Waals surface area contributed by atoms with Crippen LogP contribution in [0.4, 0.5) is 5.69 Å². The van der Waals surface area contributed by atoms with Gasteiger partial charge in [0.2, 0.25) is 0 Å². The smallest absolute Gasteiger partial charge is 0.262 e. The van der Waals surface area contributed by atoms with Gasteiger partial charge in [-0.25, -0.2) is 0 Å². The number of ketones is 1. The third kappa shape index (κ3) is 3.91. The zero-order valence-electron chi connectivity index (χ0n) is 11.0. The van der Waals surface area contributed by atoms with Crippen molar-refractivity contribution in [2.24, 2.45) is 0 Å². The van der Waals surface area contributed by atoms with E-state index in [0.29, 0.717) is 17.0 Å². The normalized spacial score (nSPS) is 9.85. The molecule has 0 fully saturated rings. The Hall–Kier alpha value is -2.69. The summed E-state index contributed by atoms with van der Waals surface area (Å²) in [5.74, 6) is 0.277. The van der Waals surface area contributed by atoms with Crippen LogP contribution >= 0.6 is 0 Å². The molecule has 0 aliphatic heterocycles. The third-order valence-corrected chi connectivity index (χ3v) is 2.59. The van der Waals surface area contributed by atoms with Crippen LogP contribution in [0.25, 0.3) is 0 Å². The Morgan fingerprint density at radius 1 is 1.10 bits per heavy atom. The third-order valence-electron chi connectivity index (χ3n) is 2.59. The Labute approximate surface area is 116 Å². The van der Waals surface area contributed by atoms with Crippen LogP contribution in [0.1, 0.15) is 17.3 Å². The van der Waals surface area contributed by atoms with Gasteiger partial charge in [-0.15, -0.1) is 0 Å². The first kappa shape index (κ1) is 13.7. The van der Waals surface area contributed by atoms with Gasteiger partial charge in [0.25, 0.3) is 5.91 Å². The van der Waals surface area contributed by atoms with Gasteiger partial charge in [-0.3, -0.25) is 14.6 Å². The van der Waals surface area contributed by atoms with Crippen LogP contribution in [0, 0.1) is 0 Å². The molecule has 1 aromatic carbocycles. The number of carbonyl (C=O) groups is 2. The van der Waals surface area contributed by atoms with Gasteiger partial charge in [-0.2, -0.15) is 0 Å². The molecule has 0 saturated heterocycles. The summed E-state index contributed by atoms with van der Waals surface area (Å²) in [6.07, 6.45) is 3.19. The predicted molar refractivity (Wildman–Crippen MR) is 74.8 cm³/mol. The second-order valence-electron chi connectivity index (χ2n) is 4.15. The second kappa shape index (κ2) is 6.47. The number of ether oxygens (including phenoxy) is 1. The average molecular weight is 270 g/mol. The lowest BCUT2D eigenvalue weighted by molar-refractivity contribution is -0.118. The lowest BCUT2D eigenvalue weighted by atomic mass is 10.1. The highest BCUT2D eigenvalue weighted by Crippen LogP contribution is 2.12. The van der Waals surface area contributed by atoms with Gasteiger partial charge in [0.15, 0.2) is 12.4 Å². The number of rotatable bonds is 5. The number of hydrogen-bond donors (Lipinski definition) is 1. The maximum Gasteiger partial charge on any atom is 0.262 e. The van der Waals surface area contributed by atoms with Crippen LogP contribution in [0.2, 0.25) is 0 Å². The first-order valence-electron chi connectivity index (χ1n) is 6.09. The van der Waals surface area contributed by atoms with E-state index in [0.717, 1.165) is 0 Å². The minimum atomic E-state index is -0.258. The Morgan fingerprint density at radius 2 is 1.75 bits per heavy atom. The Kier molecular flexibility index (Phi) is 4.44. The number of anilines is 1. The molecule has 0 aliphatic carbocycles. The summed E-state index contributed by atoms with van der Waals surface area (Å²) in [7, 11) is 0. The number of pyridine rings is 1. The molecule has 0 unspecified atom stereocenters. The quantitative estimate of drug-likeness (QED) is 0.846. The first-order chi connectivity index (χ1) is 9.65. The molecule has 2 aromatic rings. The zero-order valence-corrected chi connectivity index (χ0v) is 11.0. The number of nitrogens with zero attached hydrogens (tertiary/aromatic N) is 1. The van der Waals surface area contributed by atoms with Crippen LogP contribution in [-0.4, -0.2) is 23.3 Å². The minimum absolute atomic E-state index is 0.00743. The zero-order chi connectivity index (χ0) is 14.4. The topological polar surface area (TPSA) is 68.3 Å². The maximum absolute atomic E-state index is 11.7. The fourth-order valence-electron chi connectivity index (χ4n) is 1.57. The van der Waals surface area contributed by atoms with Crippen molar-refractivity contribution in [3.8, 4) is 5.75 Å². The van der Waals surface area contributed by atoms with E-state index in [9.17, 15) is 9.59 Å². The van der Waals surface area contributed by atoms with Crippen LogP contribution in [-0.2, 0) is 4.79 Å². The summed E-state index contributed by atoms with van der Waals surface area (Å²) in [6, 6.07) is 10.0.